The Kier molecular flexibility index (Phi) is 17.3. The van der Waals surface area contributed by atoms with E-state index in [0.717, 1.165) is 14.2 Å². The molecule has 8 N–H and O–H groups in total. The molecule has 4 aromatic carbocycles. The summed E-state index contributed by atoms with van der Waals surface area (Å²) in [7, 11) is 1.60. The van der Waals surface area contributed by atoms with Crippen LogP contribution < -0.4 is 60.8 Å². The van der Waals surface area contributed by atoms with Gasteiger partial charge in [-0.05, 0) is 191 Å². The summed E-state index contributed by atoms with van der Waals surface area (Å²) in [5, 5.41) is 0. The van der Waals surface area contributed by atoms with Crippen molar-refractivity contribution in [1.82, 2.24) is 19.6 Å². The Balaban J connectivity index is 0.000000251. The molecule has 8 aliphatic rings. The topological polar surface area (TPSA) is 296 Å². The van der Waals surface area contributed by atoms with Crippen LogP contribution in [0.25, 0.3) is 0 Å². The van der Waals surface area contributed by atoms with E-state index in [0.29, 0.717) is 43.4 Å². The number of piperidine rings is 4. The SMILES string of the molecule is [2H]c1c2c(c([2H])c(OC)c1OC([2H])([2H])[2H])C1([2H])CC(OC(=O)[C@@]([2H])(N)C([2H])(C([2H])([2H])[2H])C([2H])([2H])[2H])C(CC(C)C)CN1CC2.[2H]c1c2c(c([2H])c(OC)c1OC([2H])([2H])[2H])C1([2H])CC([2H])(OC(=O)[C@@]([2H])(N)C([2H])(C([2H])([2H])[2H])C([2H])([2H])[2H])C(CC(C)C)CN1CC2.[2H]c1c2c(c([2H])c(OC)c1OC)C1([2H])CC(OC(=O)[C@@]([2H])(N)C([2H])(C([2H])([2H])[2H])C([2H])([2H])[2H])C(CC(C)C)CN1CC2.[2H]c1c2c(c([2H])c(OC)c1OC)C1([2H])CC([2H])(OC(=O)[C@@]([2H])(N)C([2H])(C([2H])([2H])[2H])C([2H])([2H])[2H])C(CC(C)C)CN1CC2. The van der Waals surface area contributed by atoms with E-state index < -0.39 is 261 Å². The summed E-state index contributed by atoms with van der Waals surface area (Å²) in [6.45, 7) is -13.4. The van der Waals surface area contributed by atoms with Crippen molar-refractivity contribution >= 4 is 23.9 Å². The molecule has 0 bridgehead atoms. The standard InChI is InChI=1S/4C24H38N2O4/c4*1-14(2)9-17-13-26-8-7-16-10-21(28-5)22(29-6)11-18(16)19(26)12-20(17)30-24(27)23(25)15(3)4/h4*10-11,14-15,17,19-20,23H,7-9,12-13,25H2,1-6H3/t4*17?,19?,20?,23-/m0000/s1/i3D3,4D3,5D3,10D,11D,15D,19D,20D,23D;3D3,4D3,10D,11D,15D,19D,20D,23D;3D3,4D3,5D3,10D,11D,15D,19D,23D;3D3,4D3,10D,11D,15D,19D,23D. The monoisotopic (exact) mass is 1730 g/mol. The van der Waals surface area contributed by atoms with Gasteiger partial charge in [-0.3, -0.25) is 38.8 Å². The van der Waals surface area contributed by atoms with Gasteiger partial charge >= 0.3 is 23.9 Å². The van der Waals surface area contributed by atoms with Crippen molar-refractivity contribution in [3.05, 3.63) is 92.8 Å². The van der Waals surface area contributed by atoms with Crippen molar-refractivity contribution in [3.63, 3.8) is 0 Å². The van der Waals surface area contributed by atoms with Crippen LogP contribution in [0.4, 0.5) is 0 Å². The Morgan fingerprint density at radius 2 is 0.583 bits per heavy atom. The minimum absolute atomic E-state index is 0.00255. The first-order chi connectivity index (χ1) is 77.4. The van der Waals surface area contributed by atoms with Crippen LogP contribution in [0.5, 0.6) is 46.0 Å². The van der Waals surface area contributed by atoms with Crippen molar-refractivity contribution < 1.29 is 147 Å². The van der Waals surface area contributed by atoms with E-state index in [1.807, 2.05) is 60.3 Å². The van der Waals surface area contributed by atoms with Gasteiger partial charge in [-0.2, -0.15) is 0 Å². The average Bonchev–Trinajstić information content (AvgIpc) is 0.736. The number of nitrogens with zero attached hydrogens (tertiary/aromatic N) is 4. The van der Waals surface area contributed by atoms with Gasteiger partial charge in [-0.25, -0.2) is 0 Å². The Hall–Kier alpha value is -7.16. The number of hydrogen-bond donors (Lipinski definition) is 4. The van der Waals surface area contributed by atoms with E-state index >= 15 is 0 Å². The van der Waals surface area contributed by atoms with Gasteiger partial charge in [-0.1, -0.05) is 110 Å². The molecule has 12 unspecified atom stereocenters. The third-order valence-electron chi connectivity index (χ3n) is 21.9. The summed E-state index contributed by atoms with van der Waals surface area (Å²) >= 11 is 0. The van der Waals surface area contributed by atoms with Crippen LogP contribution in [0.1, 0.15) is 301 Å². The zero-order valence-corrected chi connectivity index (χ0v) is 70.5. The summed E-state index contributed by atoms with van der Waals surface area (Å²) in [4.78, 5) is 60.7. The minimum Gasteiger partial charge on any atom is -0.493 e. The van der Waals surface area contributed by atoms with Gasteiger partial charge in [0.15, 0.2) is 46.0 Å². The van der Waals surface area contributed by atoms with Crippen molar-refractivity contribution in [2.75, 3.05) is 109 Å². The van der Waals surface area contributed by atoms with Gasteiger partial charge < -0.3 is 79.8 Å². The second kappa shape index (κ2) is 43.9. The lowest BCUT2D eigenvalue weighted by Gasteiger charge is -2.47. The van der Waals surface area contributed by atoms with Crippen LogP contribution in [0.2, 0.25) is 0 Å². The van der Waals surface area contributed by atoms with E-state index in [1.54, 1.807) is 14.7 Å². The third-order valence-corrected chi connectivity index (χ3v) is 21.9. The highest BCUT2D eigenvalue weighted by atomic mass is 16.6. The molecule has 120 heavy (non-hydrogen) atoms. The van der Waals surface area contributed by atoms with Crippen molar-refractivity contribution in [1.29, 1.82) is 0 Å². The first-order valence-electron chi connectivity index (χ1n) is 65.7. The molecule has 0 amide bonds. The Labute approximate surface area is 791 Å². The molecule has 0 spiro atoms. The highest BCUT2D eigenvalue weighted by Crippen LogP contribution is 2.50. The van der Waals surface area contributed by atoms with Crippen molar-refractivity contribution in [2.24, 2.45) is 93.9 Å². The molecule has 16 atom stereocenters. The molecule has 0 radical (unpaired) electrons. The maximum absolute atomic E-state index is 13.5. The van der Waals surface area contributed by atoms with Crippen molar-refractivity contribution in [2.45, 2.75) is 260 Å². The maximum atomic E-state index is 13.5. The molecular weight excluding hydrogens is 1520 g/mol. The van der Waals surface area contributed by atoms with E-state index in [4.69, 9.17) is 143 Å². The first-order valence-corrected chi connectivity index (χ1v) is 39.7. The quantitative estimate of drug-likeness (QED) is 0.0303. The van der Waals surface area contributed by atoms with Gasteiger partial charge in [0.1, 0.15) is 48.4 Å². The van der Waals surface area contributed by atoms with Gasteiger partial charge in [0.05, 0.1) is 89.6 Å². The highest BCUT2D eigenvalue weighted by molar-refractivity contribution is 5.77. The second-order valence-corrected chi connectivity index (χ2v) is 32.0. The number of nitrogens with two attached hydrogens (primary N) is 4. The number of methoxy groups -OCH3 is 8. The summed E-state index contributed by atoms with van der Waals surface area (Å²) in [6.07, 6.45) is -6.78. The van der Waals surface area contributed by atoms with Crippen molar-refractivity contribution in [3.8, 4) is 46.0 Å². The second-order valence-electron chi connectivity index (χ2n) is 32.0. The lowest BCUT2D eigenvalue weighted by atomic mass is 9.79. The van der Waals surface area contributed by atoms with Gasteiger partial charge in [0.2, 0.25) is 0 Å². The van der Waals surface area contributed by atoms with E-state index in [9.17, 15) is 27.4 Å². The fourth-order valence-corrected chi connectivity index (χ4v) is 16.3. The zero-order valence-electron chi connectivity index (χ0n) is 123. The number of esters is 4. The van der Waals surface area contributed by atoms with Crippen LogP contribution in [0.15, 0.2) is 48.3 Å². The van der Waals surface area contributed by atoms with Gasteiger partial charge in [0, 0.05) is 164 Å². The van der Waals surface area contributed by atoms with Crippen LogP contribution in [-0.4, -0.2) is 201 Å². The zero-order chi connectivity index (χ0) is 133. The molecule has 672 valence electrons. The average molecular weight is 1730 g/mol. The molecule has 0 aliphatic carbocycles. The van der Waals surface area contributed by atoms with Crippen LogP contribution in [0.3, 0.4) is 0 Å². The van der Waals surface area contributed by atoms with Crippen LogP contribution in [0, 0.1) is 70.9 Å². The molecule has 8 aliphatic heterocycles. The molecular formula is C96H152N8O16. The summed E-state index contributed by atoms with van der Waals surface area (Å²) < 4.78 is 487. The molecule has 24 heteroatoms. The summed E-state index contributed by atoms with van der Waals surface area (Å²) in [6, 6.07) is -24.3. The molecule has 0 saturated carbocycles. The number of fused-ring (bicyclic) bond motifs is 12. The number of rotatable bonds is 28. The third kappa shape index (κ3) is 23.8. The summed E-state index contributed by atoms with van der Waals surface area (Å²) in [5.74, 6) is -27.0. The Morgan fingerprint density at radius 3 is 0.825 bits per heavy atom. The number of carbonyl (C=O) groups excluding carboxylic acids is 4. The molecule has 0 aromatic heterocycles. The minimum atomic E-state index is -3.87. The smallest absolute Gasteiger partial charge is 0.323 e. The molecule has 24 nitrogen and oxygen atoms in total. The lowest BCUT2D eigenvalue weighted by molar-refractivity contribution is -0.161. The van der Waals surface area contributed by atoms with E-state index in [1.165, 1.54) is 28.4 Å². The first kappa shape index (κ1) is 47.2. The number of ether oxygens (including phenoxy) is 12. The van der Waals surface area contributed by atoms with Gasteiger partial charge in [0.25, 0.3) is 0 Å². The molecule has 4 fully saturated rings. The predicted octanol–water partition coefficient (Wildman–Crippen LogP) is 14.3. The Morgan fingerprint density at radius 1 is 0.358 bits per heavy atom. The fraction of sp³-hybridized carbons (Fsp3) is 0.708. The van der Waals surface area contributed by atoms with Crippen LogP contribution >= 0.6 is 0 Å². The maximum Gasteiger partial charge on any atom is 0.323 e. The summed E-state index contributed by atoms with van der Waals surface area (Å²) in [5.41, 5.74) is 24.1. The molecule has 4 aromatic rings. The van der Waals surface area contributed by atoms with E-state index in [-0.39, 0.29) is 200 Å². The molecule has 8 heterocycles. The number of hydrogen-bond acceptors (Lipinski definition) is 24. The highest BCUT2D eigenvalue weighted by Gasteiger charge is 2.47. The number of benzene rings is 4. The van der Waals surface area contributed by atoms with Gasteiger partial charge in [-0.15, -0.1) is 0 Å². The predicted molar refractivity (Wildman–Crippen MR) is 471 cm³/mol. The lowest BCUT2D eigenvalue weighted by Crippen LogP contribution is -2.51. The van der Waals surface area contributed by atoms with E-state index in [2.05, 4.69) is 0 Å². The largest absolute Gasteiger partial charge is 0.493 e. The van der Waals surface area contributed by atoms with Crippen LogP contribution in [-0.2, 0) is 63.8 Å². The number of carbonyl (C=O) groups is 4. The molecule has 4 saturated heterocycles. The fourth-order valence-electron chi connectivity index (χ4n) is 16.3. The normalized spacial score (nSPS) is 37.4. The Bertz CT molecular complexity index is 6420. The molecule has 12 rings (SSSR count).